The van der Waals surface area contributed by atoms with Gasteiger partial charge in [-0.05, 0) is 26.0 Å². The van der Waals surface area contributed by atoms with Crippen molar-refractivity contribution in [2.75, 3.05) is 25.0 Å². The molecule has 3 fully saturated rings. The fourth-order valence-corrected chi connectivity index (χ4v) is 6.18. The van der Waals surface area contributed by atoms with Crippen molar-refractivity contribution in [3.05, 3.63) is 42.0 Å². The average molecular weight is 437 g/mol. The fraction of sp³-hybridized carbons (Fsp3) is 0.542. The largest absolute Gasteiger partial charge is 0.362 e. The van der Waals surface area contributed by atoms with Crippen LogP contribution in [-0.2, 0) is 14.3 Å². The van der Waals surface area contributed by atoms with E-state index in [4.69, 9.17) is 4.74 Å². The van der Waals surface area contributed by atoms with Crippen molar-refractivity contribution in [3.63, 3.8) is 0 Å². The minimum absolute atomic E-state index is 0.0115. The number of rotatable bonds is 2. The van der Waals surface area contributed by atoms with Gasteiger partial charge in [-0.15, -0.1) is 0 Å². The van der Waals surface area contributed by atoms with E-state index in [-0.39, 0.29) is 29.9 Å². The number of carbonyl (C=O) groups is 3. The Morgan fingerprint density at radius 2 is 1.91 bits per heavy atom. The van der Waals surface area contributed by atoms with Gasteiger partial charge in [0.2, 0.25) is 11.8 Å². The van der Waals surface area contributed by atoms with Crippen LogP contribution in [0.25, 0.3) is 0 Å². The predicted molar refractivity (Wildman–Crippen MR) is 117 cm³/mol. The van der Waals surface area contributed by atoms with Crippen LogP contribution in [0.4, 0.5) is 5.69 Å². The van der Waals surface area contributed by atoms with E-state index in [1.807, 2.05) is 54.0 Å². The summed E-state index contributed by atoms with van der Waals surface area (Å²) in [6, 6.07) is 7.56. The Labute approximate surface area is 186 Å². The van der Waals surface area contributed by atoms with Gasteiger partial charge < -0.3 is 25.2 Å². The van der Waals surface area contributed by atoms with Crippen molar-refractivity contribution in [3.8, 4) is 0 Å². The Morgan fingerprint density at radius 1 is 1.16 bits per heavy atom. The van der Waals surface area contributed by atoms with Crippen molar-refractivity contribution in [2.45, 2.75) is 50.1 Å². The molecule has 2 N–H and O–H groups in total. The molecule has 2 spiro atoms. The molecule has 0 radical (unpaired) electrons. The summed E-state index contributed by atoms with van der Waals surface area (Å²) in [4.78, 5) is 43.1. The van der Waals surface area contributed by atoms with Gasteiger partial charge in [0.15, 0.2) is 0 Å². The summed E-state index contributed by atoms with van der Waals surface area (Å²) >= 11 is 0. The van der Waals surface area contributed by atoms with E-state index in [0.29, 0.717) is 38.0 Å². The first-order valence-electron chi connectivity index (χ1n) is 11.5. The van der Waals surface area contributed by atoms with Crippen molar-refractivity contribution in [2.24, 2.45) is 11.8 Å². The fourth-order valence-electron chi connectivity index (χ4n) is 6.18. The number of anilines is 1. The zero-order chi connectivity index (χ0) is 22.3. The lowest BCUT2D eigenvalue weighted by Crippen LogP contribution is -2.63. The molecule has 1 aromatic carbocycles. The molecular weight excluding hydrogens is 408 g/mol. The summed E-state index contributed by atoms with van der Waals surface area (Å²) < 4.78 is 6.23. The molecule has 2 bridgehead atoms. The molecule has 168 valence electrons. The highest BCUT2D eigenvalue weighted by Gasteiger charge is 2.67. The highest BCUT2D eigenvalue weighted by atomic mass is 16.5. The van der Waals surface area contributed by atoms with Crippen LogP contribution in [0.3, 0.4) is 0 Å². The number of amides is 3. The molecule has 0 saturated carbocycles. The molecule has 8 heteroatoms. The predicted octanol–water partition coefficient (Wildman–Crippen LogP) is 1.35. The third kappa shape index (κ3) is 2.62. The summed E-state index contributed by atoms with van der Waals surface area (Å²) in [5.41, 5.74) is 0.259. The highest BCUT2D eigenvalue weighted by Crippen LogP contribution is 2.52. The van der Waals surface area contributed by atoms with E-state index in [1.54, 1.807) is 6.07 Å². The van der Waals surface area contributed by atoms with Crippen LogP contribution in [0.2, 0.25) is 0 Å². The molecule has 6 rings (SSSR count). The lowest BCUT2D eigenvalue weighted by Gasteiger charge is -2.46. The molecule has 32 heavy (non-hydrogen) atoms. The smallest absolute Gasteiger partial charge is 0.255 e. The molecular formula is C24H28N4O4. The Balaban J connectivity index is 1.19. The number of ether oxygens (including phenoxy) is 1. The summed E-state index contributed by atoms with van der Waals surface area (Å²) in [5.74, 6) is -0.986. The summed E-state index contributed by atoms with van der Waals surface area (Å²) in [6.45, 7) is 5.54. The van der Waals surface area contributed by atoms with Crippen molar-refractivity contribution in [1.82, 2.24) is 15.1 Å². The third-order valence-corrected chi connectivity index (χ3v) is 7.87. The van der Waals surface area contributed by atoms with Crippen molar-refractivity contribution < 1.29 is 19.1 Å². The van der Waals surface area contributed by atoms with Gasteiger partial charge in [-0.1, -0.05) is 24.3 Å². The van der Waals surface area contributed by atoms with Crippen LogP contribution in [0.5, 0.6) is 0 Å². The zero-order valence-electron chi connectivity index (χ0n) is 18.3. The molecule has 5 aliphatic rings. The summed E-state index contributed by atoms with van der Waals surface area (Å²) in [6.07, 6.45) is 4.84. The molecule has 3 saturated heterocycles. The number of nitrogens with one attached hydrogen (secondary N) is 2. The first-order valence-corrected chi connectivity index (χ1v) is 11.5. The van der Waals surface area contributed by atoms with Gasteiger partial charge in [-0.2, -0.15) is 0 Å². The number of benzene rings is 1. The van der Waals surface area contributed by atoms with Crippen LogP contribution in [0, 0.1) is 11.8 Å². The van der Waals surface area contributed by atoms with Gasteiger partial charge in [0, 0.05) is 37.7 Å². The number of hydrogen-bond donors (Lipinski definition) is 2. The van der Waals surface area contributed by atoms with E-state index >= 15 is 0 Å². The average Bonchev–Trinajstić information content (AvgIpc) is 3.42. The number of fused-ring (bicyclic) bond motifs is 2. The first-order chi connectivity index (χ1) is 15.3. The molecule has 8 nitrogen and oxygen atoms in total. The van der Waals surface area contributed by atoms with Crippen LogP contribution >= 0.6 is 0 Å². The number of hydrogen-bond acceptors (Lipinski definition) is 5. The Hall–Kier alpha value is -2.87. The third-order valence-electron chi connectivity index (χ3n) is 7.87. The maximum atomic E-state index is 13.6. The summed E-state index contributed by atoms with van der Waals surface area (Å²) in [7, 11) is 0. The van der Waals surface area contributed by atoms with Gasteiger partial charge in [-0.3, -0.25) is 14.4 Å². The zero-order valence-corrected chi connectivity index (χ0v) is 18.3. The maximum absolute atomic E-state index is 13.6. The van der Waals surface area contributed by atoms with Crippen LogP contribution in [-0.4, -0.2) is 70.6 Å². The maximum Gasteiger partial charge on any atom is 0.255 e. The molecule has 4 atom stereocenters. The number of likely N-dealkylation sites (tertiary alicyclic amines) is 2. The first kappa shape index (κ1) is 19.8. The van der Waals surface area contributed by atoms with Crippen molar-refractivity contribution >= 4 is 23.4 Å². The Morgan fingerprint density at radius 3 is 2.66 bits per heavy atom. The lowest BCUT2D eigenvalue weighted by atomic mass is 9.76. The Bertz CT molecular complexity index is 1040. The van der Waals surface area contributed by atoms with Crippen LogP contribution < -0.4 is 10.6 Å². The van der Waals surface area contributed by atoms with E-state index in [1.165, 1.54) is 0 Å². The van der Waals surface area contributed by atoms with Gasteiger partial charge in [0.25, 0.3) is 5.91 Å². The minimum atomic E-state index is -0.661. The molecule has 5 heterocycles. The highest BCUT2D eigenvalue weighted by molar-refractivity contribution is 6.02. The van der Waals surface area contributed by atoms with E-state index in [0.717, 1.165) is 5.69 Å². The second-order valence-corrected chi connectivity index (χ2v) is 9.99. The molecule has 0 unspecified atom stereocenters. The van der Waals surface area contributed by atoms with Gasteiger partial charge >= 0.3 is 0 Å². The number of piperidine rings is 1. The number of nitrogens with zero attached hydrogens (tertiary/aromatic N) is 2. The lowest BCUT2D eigenvalue weighted by molar-refractivity contribution is -0.144. The second kappa shape index (κ2) is 6.57. The van der Waals surface area contributed by atoms with Crippen molar-refractivity contribution in [1.29, 1.82) is 0 Å². The number of para-hydroxylation sites is 1. The normalized spacial score (nSPS) is 34.0. The van der Waals surface area contributed by atoms with Crippen LogP contribution in [0.15, 0.2) is 36.4 Å². The molecule has 0 aromatic heterocycles. The molecule has 5 aliphatic heterocycles. The standard InChI is InChI=1S/C24H28N4O4/c1-14(2)28-13-23-8-7-17(32-23)18(19(23)22(28)31)21(30)27-11-9-24(10-12-27)25-16-6-4-3-5-15(16)20(29)26-24/h3-8,14,17-19,25H,9-13H2,1-2H3,(H,26,29)/t17-,18+,19+,23-/m1/s1. The van der Waals surface area contributed by atoms with Crippen LogP contribution in [0.1, 0.15) is 37.0 Å². The molecule has 3 amide bonds. The SMILES string of the molecule is CC(C)N1C[C@@]23C=C[C@@H](O2)[C@H](C(=O)N2CCC4(CC2)NC(=O)c2ccccc2N4)[C@H]3C1=O. The van der Waals surface area contributed by atoms with Gasteiger partial charge in [-0.25, -0.2) is 0 Å². The topological polar surface area (TPSA) is 91.0 Å². The second-order valence-electron chi connectivity index (χ2n) is 9.99. The monoisotopic (exact) mass is 436 g/mol. The van der Waals surface area contributed by atoms with E-state index in [2.05, 4.69) is 10.6 Å². The van der Waals surface area contributed by atoms with Gasteiger partial charge in [0.05, 0.1) is 30.0 Å². The van der Waals surface area contributed by atoms with Gasteiger partial charge in [0.1, 0.15) is 11.3 Å². The number of carbonyl (C=O) groups excluding carboxylic acids is 3. The quantitative estimate of drug-likeness (QED) is 0.683. The molecule has 0 aliphatic carbocycles. The Kier molecular flexibility index (Phi) is 4.06. The summed E-state index contributed by atoms with van der Waals surface area (Å²) in [5, 5.41) is 6.61. The van der Waals surface area contributed by atoms with E-state index < -0.39 is 23.1 Å². The minimum Gasteiger partial charge on any atom is -0.362 e. The van der Waals surface area contributed by atoms with E-state index in [9.17, 15) is 14.4 Å². The molecule has 1 aromatic rings.